The van der Waals surface area contributed by atoms with Crippen molar-refractivity contribution in [3.8, 4) is 5.75 Å². The van der Waals surface area contributed by atoms with Crippen molar-refractivity contribution in [2.24, 2.45) is 5.92 Å². The van der Waals surface area contributed by atoms with Crippen LogP contribution in [0.5, 0.6) is 5.75 Å². The molecule has 1 N–H and O–H groups in total. The number of nitrogens with one attached hydrogen (secondary N) is 1. The largest absolute Gasteiger partial charge is 0.490 e. The van der Waals surface area contributed by atoms with Gasteiger partial charge < -0.3 is 19.3 Å². The Bertz CT molecular complexity index is 1540. The number of fused-ring (bicyclic) bond motifs is 1. The Hall–Kier alpha value is -4.32. The van der Waals surface area contributed by atoms with E-state index in [2.05, 4.69) is 27.1 Å². The number of hydrogen-bond acceptors (Lipinski definition) is 10. The minimum Gasteiger partial charge on any atom is -0.490 e. The van der Waals surface area contributed by atoms with Crippen LogP contribution < -0.4 is 15.0 Å². The van der Waals surface area contributed by atoms with E-state index in [0.29, 0.717) is 23.3 Å². The molecular weight excluding hydrogens is 590 g/mol. The Kier molecular flexibility index (Phi) is 8.58. The van der Waals surface area contributed by atoms with Crippen molar-refractivity contribution >= 4 is 35.4 Å². The van der Waals surface area contributed by atoms with E-state index < -0.39 is 35.3 Å². The van der Waals surface area contributed by atoms with Crippen LogP contribution in [0.15, 0.2) is 36.5 Å². The van der Waals surface area contributed by atoms with E-state index in [1.165, 1.54) is 0 Å². The molecule has 6 rings (SSSR count). The van der Waals surface area contributed by atoms with E-state index in [-0.39, 0.29) is 36.0 Å². The number of nitrogens with zero attached hydrogens (tertiary/aromatic N) is 4. The number of amides is 4. The summed E-state index contributed by atoms with van der Waals surface area (Å²) in [6.07, 6.45) is 5.67. The molecule has 244 valence electrons. The summed E-state index contributed by atoms with van der Waals surface area (Å²) in [7, 11) is 2.16. The fourth-order valence-corrected chi connectivity index (χ4v) is 6.64. The Labute approximate surface area is 268 Å². The maximum absolute atomic E-state index is 13.1. The van der Waals surface area contributed by atoms with Crippen molar-refractivity contribution in [3.63, 3.8) is 0 Å². The molecule has 12 nitrogen and oxygen atoms in total. The van der Waals surface area contributed by atoms with Crippen LogP contribution in [-0.4, -0.2) is 94.9 Å². The minimum absolute atomic E-state index is 0.0144. The highest BCUT2D eigenvalue weighted by atomic mass is 16.6. The second-order valence-electron chi connectivity index (χ2n) is 13.8. The van der Waals surface area contributed by atoms with E-state index >= 15 is 0 Å². The van der Waals surface area contributed by atoms with Crippen LogP contribution in [0.4, 0.5) is 5.82 Å². The van der Waals surface area contributed by atoms with E-state index in [4.69, 9.17) is 9.47 Å². The van der Waals surface area contributed by atoms with Crippen molar-refractivity contribution in [1.82, 2.24) is 20.1 Å². The summed E-state index contributed by atoms with van der Waals surface area (Å²) in [6, 6.07) is 7.96. The number of ether oxygens (including phenoxy) is 2. The molecule has 1 atom stereocenters. The predicted octanol–water partition coefficient (Wildman–Crippen LogP) is 3.20. The van der Waals surface area contributed by atoms with Crippen LogP contribution >= 0.6 is 0 Å². The van der Waals surface area contributed by atoms with Crippen LogP contribution in [0.2, 0.25) is 0 Å². The lowest BCUT2D eigenvalue weighted by Gasteiger charge is -2.43. The van der Waals surface area contributed by atoms with Gasteiger partial charge in [-0.3, -0.25) is 29.4 Å². The number of anilines is 1. The van der Waals surface area contributed by atoms with Gasteiger partial charge in [-0.1, -0.05) is 0 Å². The summed E-state index contributed by atoms with van der Waals surface area (Å²) >= 11 is 0. The summed E-state index contributed by atoms with van der Waals surface area (Å²) in [5, 5.41) is 2.21. The van der Waals surface area contributed by atoms with Gasteiger partial charge in [0.25, 0.3) is 11.8 Å². The van der Waals surface area contributed by atoms with Crippen molar-refractivity contribution in [1.29, 1.82) is 0 Å². The lowest BCUT2D eigenvalue weighted by molar-refractivity contribution is -0.136. The van der Waals surface area contributed by atoms with Crippen molar-refractivity contribution in [3.05, 3.63) is 53.2 Å². The molecule has 0 radical (unpaired) electrons. The van der Waals surface area contributed by atoms with Crippen molar-refractivity contribution < 1.29 is 33.4 Å². The third-order valence-electron chi connectivity index (χ3n) is 9.27. The molecule has 1 aromatic heterocycles. The molecule has 2 aromatic rings. The van der Waals surface area contributed by atoms with E-state index in [1.807, 2.05) is 26.8 Å². The SMILES string of the molecule is CN(CC1CCN(c2ccc(C(=O)OC(C)(C)C)cn2)CC1)C1CC(Oc2ccc3c(c2)C(=O)N(C2CCC(=O)NC2=O)C3=O)C1. The fraction of sp³-hybridized carbons (Fsp3) is 0.529. The highest BCUT2D eigenvalue weighted by molar-refractivity contribution is 6.23. The molecule has 1 saturated carbocycles. The predicted molar refractivity (Wildman–Crippen MR) is 168 cm³/mol. The van der Waals surface area contributed by atoms with Gasteiger partial charge in [0.1, 0.15) is 29.3 Å². The molecule has 1 aromatic carbocycles. The Morgan fingerprint density at radius 1 is 1.00 bits per heavy atom. The molecule has 3 fully saturated rings. The number of pyridine rings is 1. The maximum atomic E-state index is 13.1. The van der Waals surface area contributed by atoms with Gasteiger partial charge in [0.15, 0.2) is 0 Å². The van der Waals surface area contributed by atoms with E-state index in [1.54, 1.807) is 30.5 Å². The molecule has 4 amide bonds. The molecule has 12 heteroatoms. The number of rotatable bonds is 8. The Morgan fingerprint density at radius 2 is 1.72 bits per heavy atom. The molecule has 0 spiro atoms. The lowest BCUT2D eigenvalue weighted by Crippen LogP contribution is -2.54. The van der Waals surface area contributed by atoms with Crippen LogP contribution in [0.25, 0.3) is 0 Å². The van der Waals surface area contributed by atoms with Gasteiger partial charge in [0, 0.05) is 51.1 Å². The number of hydrogen-bond donors (Lipinski definition) is 1. The minimum atomic E-state index is -0.987. The van der Waals surface area contributed by atoms with Crippen molar-refractivity contribution in [2.45, 2.75) is 83.1 Å². The first-order valence-electron chi connectivity index (χ1n) is 16.0. The first-order chi connectivity index (χ1) is 21.9. The Morgan fingerprint density at radius 3 is 2.37 bits per heavy atom. The van der Waals surface area contributed by atoms with Gasteiger partial charge in [0.2, 0.25) is 11.8 Å². The Balaban J connectivity index is 0.947. The third-order valence-corrected chi connectivity index (χ3v) is 9.27. The monoisotopic (exact) mass is 631 g/mol. The topological polar surface area (TPSA) is 138 Å². The van der Waals surface area contributed by atoms with Crippen molar-refractivity contribution in [2.75, 3.05) is 31.6 Å². The standard InChI is InChI=1S/C34H41N5O7/c1-34(2,3)46-33(44)21-5-9-28(35-18-21)38-13-11-20(12-14-38)19-37(4)22-15-24(16-22)45-23-6-7-25-26(17-23)32(43)39(31(25)42)27-8-10-29(40)36-30(27)41/h5-7,9,17-18,20,22,24,27H,8,10-16,19H2,1-4H3,(H,36,40,41). The zero-order valence-electron chi connectivity index (χ0n) is 26.8. The average molecular weight is 632 g/mol. The maximum Gasteiger partial charge on any atom is 0.340 e. The quantitative estimate of drug-likeness (QED) is 0.342. The number of esters is 1. The first-order valence-corrected chi connectivity index (χ1v) is 16.0. The molecule has 3 aliphatic heterocycles. The molecular formula is C34H41N5O7. The van der Waals surface area contributed by atoms with Gasteiger partial charge in [-0.25, -0.2) is 9.78 Å². The molecule has 1 unspecified atom stereocenters. The zero-order valence-corrected chi connectivity index (χ0v) is 26.8. The lowest BCUT2D eigenvalue weighted by atomic mass is 9.86. The van der Waals surface area contributed by atoms with E-state index in [0.717, 1.165) is 56.0 Å². The second-order valence-corrected chi connectivity index (χ2v) is 13.8. The summed E-state index contributed by atoms with van der Waals surface area (Å²) in [5.74, 6) is -0.475. The molecule has 4 aliphatic rings. The number of imide groups is 2. The highest BCUT2D eigenvalue weighted by Gasteiger charge is 2.45. The zero-order chi connectivity index (χ0) is 32.7. The summed E-state index contributed by atoms with van der Waals surface area (Å²) in [5.41, 5.74) is 0.373. The normalized spacial score (nSPS) is 23.7. The summed E-state index contributed by atoms with van der Waals surface area (Å²) < 4.78 is 11.6. The van der Waals surface area contributed by atoms with Gasteiger partial charge in [-0.05, 0) is 83.3 Å². The number of aromatic nitrogens is 1. The van der Waals surface area contributed by atoms with Crippen LogP contribution in [-0.2, 0) is 14.3 Å². The smallest absolute Gasteiger partial charge is 0.340 e. The second kappa shape index (κ2) is 12.5. The summed E-state index contributed by atoms with van der Waals surface area (Å²) in [4.78, 5) is 72.4. The molecule has 4 heterocycles. The average Bonchev–Trinajstić information content (AvgIpc) is 3.23. The summed E-state index contributed by atoms with van der Waals surface area (Å²) in [6.45, 7) is 8.36. The molecule has 2 saturated heterocycles. The van der Waals surface area contributed by atoms with Gasteiger partial charge in [0.05, 0.1) is 16.7 Å². The number of carbonyl (C=O) groups is 5. The van der Waals surface area contributed by atoms with Crippen LogP contribution in [0.1, 0.15) is 90.4 Å². The highest BCUT2D eigenvalue weighted by Crippen LogP contribution is 2.34. The van der Waals surface area contributed by atoms with Crippen LogP contribution in [0, 0.1) is 5.92 Å². The van der Waals surface area contributed by atoms with Crippen LogP contribution in [0.3, 0.4) is 0 Å². The fourth-order valence-electron chi connectivity index (χ4n) is 6.64. The van der Waals surface area contributed by atoms with Gasteiger partial charge in [-0.15, -0.1) is 0 Å². The third kappa shape index (κ3) is 6.62. The first kappa shape index (κ1) is 31.7. The number of benzene rings is 1. The van der Waals surface area contributed by atoms with Gasteiger partial charge in [-0.2, -0.15) is 0 Å². The molecule has 1 aliphatic carbocycles. The number of carbonyl (C=O) groups excluding carboxylic acids is 5. The van der Waals surface area contributed by atoms with E-state index in [9.17, 15) is 24.0 Å². The molecule has 46 heavy (non-hydrogen) atoms. The molecule has 0 bridgehead atoms. The van der Waals surface area contributed by atoms with Gasteiger partial charge >= 0.3 is 5.97 Å². The number of piperidine rings is 2.